The minimum absolute atomic E-state index is 0.0252. The molecule has 1 saturated carbocycles. The average molecular weight is 498 g/mol. The van der Waals surface area contributed by atoms with Crippen molar-refractivity contribution >= 4 is 11.8 Å². The van der Waals surface area contributed by atoms with E-state index in [2.05, 4.69) is 10.6 Å². The van der Waals surface area contributed by atoms with Crippen LogP contribution in [0.2, 0.25) is 0 Å². The monoisotopic (exact) mass is 497 g/mol. The lowest BCUT2D eigenvalue weighted by Gasteiger charge is -2.21. The molecule has 2 aromatic rings. The van der Waals surface area contributed by atoms with E-state index in [1.165, 1.54) is 30.9 Å². The molecule has 194 valence electrons. The van der Waals surface area contributed by atoms with Crippen LogP contribution in [0, 0.1) is 12.7 Å². The topological polar surface area (TPSA) is 89.4 Å². The number of nitrogens with zero attached hydrogens (tertiary/aromatic N) is 1. The molecule has 36 heavy (non-hydrogen) atoms. The maximum Gasteiger partial charge on any atom is 0.257 e. The minimum Gasteiger partial charge on any atom is -0.376 e. The first kappa shape index (κ1) is 26.1. The van der Waals surface area contributed by atoms with Gasteiger partial charge in [-0.25, -0.2) is 4.39 Å². The number of nitrogens with one attached hydrogen (secondary N) is 2. The minimum atomic E-state index is -0.601. The lowest BCUT2D eigenvalue weighted by molar-refractivity contribution is 0.0914. The zero-order valence-corrected chi connectivity index (χ0v) is 21.0. The Bertz CT molecular complexity index is 1130. The van der Waals surface area contributed by atoms with Gasteiger partial charge < -0.3 is 19.9 Å². The maximum absolute atomic E-state index is 13.7. The van der Waals surface area contributed by atoms with E-state index in [9.17, 15) is 18.8 Å². The first-order chi connectivity index (χ1) is 17.4. The Hall–Kier alpha value is -3.00. The highest BCUT2D eigenvalue weighted by Gasteiger charge is 2.24. The molecule has 1 saturated heterocycles. The fourth-order valence-corrected chi connectivity index (χ4v) is 5.05. The van der Waals surface area contributed by atoms with Crippen LogP contribution in [0.25, 0.3) is 0 Å². The summed E-state index contributed by atoms with van der Waals surface area (Å²) in [5.41, 5.74) is 0.716. The molecule has 1 aliphatic heterocycles. The van der Waals surface area contributed by atoms with Gasteiger partial charge in [0.05, 0.1) is 6.10 Å². The maximum atomic E-state index is 13.7. The molecule has 1 aromatic heterocycles. The second-order valence-corrected chi connectivity index (χ2v) is 10.0. The number of carbonyl (C=O) groups excluding carboxylic acids is 2. The van der Waals surface area contributed by atoms with Crippen molar-refractivity contribution in [2.45, 2.75) is 89.9 Å². The number of pyridine rings is 1. The van der Waals surface area contributed by atoms with E-state index in [1.807, 2.05) is 6.92 Å². The van der Waals surface area contributed by atoms with Gasteiger partial charge >= 0.3 is 0 Å². The Morgan fingerprint density at radius 2 is 1.69 bits per heavy atom. The molecule has 0 spiro atoms. The molecule has 2 N–H and O–H groups in total. The van der Waals surface area contributed by atoms with Crippen molar-refractivity contribution in [1.82, 2.24) is 15.2 Å². The van der Waals surface area contributed by atoms with Crippen LogP contribution in [0.3, 0.4) is 0 Å². The van der Waals surface area contributed by atoms with Crippen LogP contribution in [-0.4, -0.2) is 35.1 Å². The number of halogens is 1. The summed E-state index contributed by atoms with van der Waals surface area (Å²) in [4.78, 5) is 39.6. The number of aromatic nitrogens is 1. The van der Waals surface area contributed by atoms with Crippen LogP contribution in [-0.2, 0) is 17.8 Å². The van der Waals surface area contributed by atoms with E-state index in [1.54, 1.807) is 10.6 Å². The molecule has 2 heterocycles. The van der Waals surface area contributed by atoms with Crippen molar-refractivity contribution in [3.63, 3.8) is 0 Å². The Morgan fingerprint density at radius 1 is 1.00 bits per heavy atom. The summed E-state index contributed by atoms with van der Waals surface area (Å²) in [6.45, 7) is 3.04. The second kappa shape index (κ2) is 12.3. The molecule has 1 atom stereocenters. The number of hydrogen-bond acceptors (Lipinski definition) is 4. The van der Waals surface area contributed by atoms with Gasteiger partial charge in [-0.05, 0) is 55.9 Å². The van der Waals surface area contributed by atoms with E-state index in [0.29, 0.717) is 18.7 Å². The average Bonchev–Trinajstić information content (AvgIpc) is 3.35. The Kier molecular flexibility index (Phi) is 8.91. The molecule has 0 unspecified atom stereocenters. The number of carbonyl (C=O) groups is 2. The van der Waals surface area contributed by atoms with E-state index in [-0.39, 0.29) is 29.8 Å². The summed E-state index contributed by atoms with van der Waals surface area (Å²) in [7, 11) is 0. The number of ether oxygens (including phenoxy) is 1. The van der Waals surface area contributed by atoms with Gasteiger partial charge in [0, 0.05) is 38.1 Å². The molecular weight excluding hydrogens is 461 g/mol. The third kappa shape index (κ3) is 6.81. The smallest absolute Gasteiger partial charge is 0.257 e. The quantitative estimate of drug-likeness (QED) is 0.599. The Labute approximate surface area is 211 Å². The third-order valence-corrected chi connectivity index (χ3v) is 7.20. The largest absolute Gasteiger partial charge is 0.376 e. The highest BCUT2D eigenvalue weighted by molar-refractivity contribution is 5.99. The summed E-state index contributed by atoms with van der Waals surface area (Å²) in [5, 5.41) is 5.77. The van der Waals surface area contributed by atoms with Gasteiger partial charge in [-0.2, -0.15) is 0 Å². The first-order valence-corrected chi connectivity index (χ1v) is 13.1. The molecule has 2 aliphatic rings. The van der Waals surface area contributed by atoms with Crippen LogP contribution in [0.5, 0.6) is 0 Å². The van der Waals surface area contributed by atoms with Gasteiger partial charge in [-0.15, -0.1) is 0 Å². The number of aryl methyl sites for hydroxylation is 1. The molecule has 8 heteroatoms. The molecule has 1 aromatic carbocycles. The number of rotatable bonds is 7. The van der Waals surface area contributed by atoms with Gasteiger partial charge in [0.2, 0.25) is 5.43 Å². The van der Waals surface area contributed by atoms with Gasteiger partial charge in [-0.1, -0.05) is 38.2 Å². The van der Waals surface area contributed by atoms with Gasteiger partial charge in [0.25, 0.3) is 11.8 Å². The van der Waals surface area contributed by atoms with Crippen molar-refractivity contribution < 1.29 is 18.7 Å². The lowest BCUT2D eigenvalue weighted by Crippen LogP contribution is -2.40. The van der Waals surface area contributed by atoms with E-state index in [4.69, 9.17) is 4.74 Å². The predicted octanol–water partition coefficient (Wildman–Crippen LogP) is 4.25. The number of amides is 2. The number of hydrogen-bond donors (Lipinski definition) is 2. The predicted molar refractivity (Wildman–Crippen MR) is 136 cm³/mol. The molecule has 7 nitrogen and oxygen atoms in total. The zero-order chi connectivity index (χ0) is 25.5. The molecule has 1 aliphatic carbocycles. The summed E-state index contributed by atoms with van der Waals surface area (Å²) in [6.07, 6.45) is 12.3. The van der Waals surface area contributed by atoms with Crippen molar-refractivity contribution in [2.75, 3.05) is 6.61 Å². The molecule has 4 rings (SSSR count). The van der Waals surface area contributed by atoms with E-state index in [0.717, 1.165) is 56.9 Å². The van der Waals surface area contributed by atoms with Crippen molar-refractivity contribution in [3.8, 4) is 0 Å². The molecular formula is C28H36FN3O4. The van der Waals surface area contributed by atoms with Gasteiger partial charge in [0.1, 0.15) is 16.9 Å². The highest BCUT2D eigenvalue weighted by atomic mass is 19.1. The first-order valence-electron chi connectivity index (χ1n) is 13.1. The van der Waals surface area contributed by atoms with Gasteiger partial charge in [0.15, 0.2) is 0 Å². The fourth-order valence-electron chi connectivity index (χ4n) is 5.05. The van der Waals surface area contributed by atoms with Crippen LogP contribution in [0.1, 0.15) is 89.6 Å². The van der Waals surface area contributed by atoms with Crippen LogP contribution in [0.4, 0.5) is 4.39 Å². The summed E-state index contributed by atoms with van der Waals surface area (Å²) < 4.78 is 21.1. The summed E-state index contributed by atoms with van der Waals surface area (Å²) >= 11 is 0. The van der Waals surface area contributed by atoms with Crippen LogP contribution in [0.15, 0.2) is 35.4 Å². The molecule has 2 fully saturated rings. The zero-order valence-electron chi connectivity index (χ0n) is 21.0. The third-order valence-electron chi connectivity index (χ3n) is 7.20. The highest BCUT2D eigenvalue weighted by Crippen LogP contribution is 2.18. The second-order valence-electron chi connectivity index (χ2n) is 10.0. The molecule has 0 radical (unpaired) electrons. The van der Waals surface area contributed by atoms with Crippen LogP contribution >= 0.6 is 0 Å². The Morgan fingerprint density at radius 3 is 2.39 bits per heavy atom. The summed E-state index contributed by atoms with van der Waals surface area (Å²) in [5.74, 6) is -1.43. The van der Waals surface area contributed by atoms with Crippen molar-refractivity contribution in [3.05, 3.63) is 68.9 Å². The van der Waals surface area contributed by atoms with E-state index >= 15 is 0 Å². The molecule has 0 bridgehead atoms. The van der Waals surface area contributed by atoms with Crippen LogP contribution < -0.4 is 16.1 Å². The number of benzene rings is 1. The summed E-state index contributed by atoms with van der Waals surface area (Å²) in [6, 6.07) is 4.40. The van der Waals surface area contributed by atoms with Crippen molar-refractivity contribution in [1.29, 1.82) is 0 Å². The normalized spacial score (nSPS) is 18.9. The lowest BCUT2D eigenvalue weighted by atomic mass is 9.96. The SMILES string of the molecule is Cc1ccc(F)cc1CNC(=O)c1cn(C[C@H]2CCCO2)cc(C(=O)NC2CCCCCCC2)c1=O. The van der Waals surface area contributed by atoms with E-state index < -0.39 is 23.1 Å². The fraction of sp³-hybridized carbons (Fsp3) is 0.536. The van der Waals surface area contributed by atoms with Gasteiger partial charge in [-0.3, -0.25) is 14.4 Å². The Balaban J connectivity index is 1.56. The van der Waals surface area contributed by atoms with Crippen molar-refractivity contribution in [2.24, 2.45) is 0 Å². The molecule has 2 amide bonds. The standard InChI is InChI=1S/C28H36FN3O4/c1-19-11-12-21(29)14-20(19)15-30-27(34)24-17-32(16-23-10-7-13-36-23)18-25(26(24)33)28(35)31-22-8-5-3-2-4-6-9-22/h11-12,14,17-18,22-23H,2-10,13,15-16H2,1H3,(H,30,34)(H,31,35)/t23-/m1/s1.